The number of benzene rings is 1. The van der Waals surface area contributed by atoms with Crippen molar-refractivity contribution in [1.29, 1.82) is 5.41 Å². The predicted molar refractivity (Wildman–Crippen MR) is 82.7 cm³/mol. The Labute approximate surface area is 125 Å². The van der Waals surface area contributed by atoms with Crippen LogP contribution in [0.1, 0.15) is 43.2 Å². The smallest absolute Gasteiger partial charge is 0.404 e. The van der Waals surface area contributed by atoms with Gasteiger partial charge in [-0.2, -0.15) is 0 Å². The number of carboxylic acid groups (broad SMARTS) is 1. The molecule has 0 aliphatic heterocycles. The number of carbonyl (C=O) groups is 1. The van der Waals surface area contributed by atoms with E-state index in [0.717, 1.165) is 18.4 Å². The lowest BCUT2D eigenvalue weighted by Crippen LogP contribution is -2.42. The van der Waals surface area contributed by atoms with Gasteiger partial charge in [0.1, 0.15) is 5.84 Å². The molecule has 114 valence electrons. The van der Waals surface area contributed by atoms with E-state index in [0.29, 0.717) is 17.9 Å². The van der Waals surface area contributed by atoms with Crippen LogP contribution < -0.4 is 11.1 Å². The summed E-state index contributed by atoms with van der Waals surface area (Å²) in [4.78, 5) is 11.1. The quantitative estimate of drug-likeness (QED) is 0.495. The normalized spacial score (nSPS) is 17.1. The summed E-state index contributed by atoms with van der Waals surface area (Å²) < 4.78 is 0. The minimum absolute atomic E-state index is 0.0391. The molecule has 5 nitrogen and oxygen atoms in total. The summed E-state index contributed by atoms with van der Waals surface area (Å²) in [5.74, 6) is 0.438. The first-order valence-corrected chi connectivity index (χ1v) is 7.49. The van der Waals surface area contributed by atoms with E-state index in [1.807, 2.05) is 18.2 Å². The van der Waals surface area contributed by atoms with E-state index in [1.165, 1.54) is 19.3 Å². The second kappa shape index (κ2) is 7.11. The third kappa shape index (κ3) is 4.48. The number of amidine groups is 1. The maximum atomic E-state index is 11.1. The molecule has 1 fully saturated rings. The maximum absolute atomic E-state index is 11.1. The second-order valence-corrected chi connectivity index (χ2v) is 5.77. The van der Waals surface area contributed by atoms with Gasteiger partial charge in [0.15, 0.2) is 0 Å². The summed E-state index contributed by atoms with van der Waals surface area (Å²) in [6.45, 7) is 0. The van der Waals surface area contributed by atoms with E-state index in [-0.39, 0.29) is 11.9 Å². The van der Waals surface area contributed by atoms with Crippen molar-refractivity contribution in [3.05, 3.63) is 35.4 Å². The molecule has 21 heavy (non-hydrogen) atoms. The molecule has 1 aliphatic carbocycles. The Balaban J connectivity index is 2.11. The van der Waals surface area contributed by atoms with Crippen molar-refractivity contribution in [3.8, 4) is 0 Å². The highest BCUT2D eigenvalue weighted by atomic mass is 16.4. The molecule has 5 N–H and O–H groups in total. The third-order valence-corrected chi connectivity index (χ3v) is 4.22. The van der Waals surface area contributed by atoms with Crippen LogP contribution in [0.5, 0.6) is 0 Å². The summed E-state index contributed by atoms with van der Waals surface area (Å²) >= 11 is 0. The van der Waals surface area contributed by atoms with Crippen molar-refractivity contribution in [1.82, 2.24) is 5.32 Å². The molecule has 0 saturated heterocycles. The monoisotopic (exact) mass is 289 g/mol. The van der Waals surface area contributed by atoms with E-state index < -0.39 is 6.09 Å². The van der Waals surface area contributed by atoms with Crippen LogP contribution in [-0.4, -0.2) is 23.1 Å². The average Bonchev–Trinajstić information content (AvgIpc) is 2.47. The molecule has 0 radical (unpaired) electrons. The van der Waals surface area contributed by atoms with Gasteiger partial charge in [0, 0.05) is 11.6 Å². The molecule has 0 spiro atoms. The molecular formula is C16H23N3O2. The summed E-state index contributed by atoms with van der Waals surface area (Å²) in [5.41, 5.74) is 7.22. The highest BCUT2D eigenvalue weighted by Crippen LogP contribution is 2.28. The van der Waals surface area contributed by atoms with Gasteiger partial charge in [0.25, 0.3) is 0 Å². The molecule has 1 aromatic rings. The molecule has 0 bridgehead atoms. The highest BCUT2D eigenvalue weighted by molar-refractivity contribution is 5.95. The first-order valence-electron chi connectivity index (χ1n) is 7.49. The zero-order valence-corrected chi connectivity index (χ0v) is 12.1. The molecule has 1 amide bonds. The molecule has 1 aliphatic rings. The highest BCUT2D eigenvalue weighted by Gasteiger charge is 2.25. The SMILES string of the molecule is N=C(N)c1cccc(CC(NC(=O)O)C2CCCCC2)c1. The van der Waals surface area contributed by atoms with Crippen LogP contribution in [0.15, 0.2) is 24.3 Å². The molecule has 1 atom stereocenters. The van der Waals surface area contributed by atoms with Gasteiger partial charge in [-0.25, -0.2) is 4.79 Å². The number of hydrogen-bond donors (Lipinski definition) is 4. The minimum atomic E-state index is -0.965. The number of rotatable bonds is 5. The lowest BCUT2D eigenvalue weighted by molar-refractivity contribution is 0.178. The number of nitrogens with two attached hydrogens (primary N) is 1. The van der Waals surface area contributed by atoms with Crippen molar-refractivity contribution in [2.45, 2.75) is 44.6 Å². The largest absolute Gasteiger partial charge is 0.465 e. The van der Waals surface area contributed by atoms with E-state index in [1.54, 1.807) is 6.07 Å². The number of nitrogens with one attached hydrogen (secondary N) is 2. The Morgan fingerprint density at radius 2 is 2.10 bits per heavy atom. The first kappa shape index (κ1) is 15.4. The van der Waals surface area contributed by atoms with Crippen molar-refractivity contribution >= 4 is 11.9 Å². The van der Waals surface area contributed by atoms with Crippen molar-refractivity contribution in [3.63, 3.8) is 0 Å². The van der Waals surface area contributed by atoms with Crippen LogP contribution in [0.2, 0.25) is 0 Å². The number of amides is 1. The minimum Gasteiger partial charge on any atom is -0.465 e. The Kier molecular flexibility index (Phi) is 5.20. The third-order valence-electron chi connectivity index (χ3n) is 4.22. The fourth-order valence-corrected chi connectivity index (χ4v) is 3.15. The van der Waals surface area contributed by atoms with Crippen molar-refractivity contribution in [2.75, 3.05) is 0 Å². The Morgan fingerprint density at radius 1 is 1.38 bits per heavy atom. The molecule has 2 rings (SSSR count). The van der Waals surface area contributed by atoms with Crippen LogP contribution in [0, 0.1) is 11.3 Å². The summed E-state index contributed by atoms with van der Waals surface area (Å²) in [5, 5.41) is 19.2. The number of hydrogen-bond acceptors (Lipinski definition) is 2. The Hall–Kier alpha value is -2.04. The van der Waals surface area contributed by atoms with Crippen molar-refractivity contribution < 1.29 is 9.90 Å². The van der Waals surface area contributed by atoms with E-state index >= 15 is 0 Å². The Bertz CT molecular complexity index is 510. The predicted octanol–water partition coefficient (Wildman–Crippen LogP) is 2.73. The fourth-order valence-electron chi connectivity index (χ4n) is 3.15. The second-order valence-electron chi connectivity index (χ2n) is 5.77. The molecule has 1 aromatic carbocycles. The van der Waals surface area contributed by atoms with Gasteiger partial charge in [0.2, 0.25) is 0 Å². The van der Waals surface area contributed by atoms with Crippen LogP contribution in [0.3, 0.4) is 0 Å². The van der Waals surface area contributed by atoms with Gasteiger partial charge in [-0.3, -0.25) is 5.41 Å². The van der Waals surface area contributed by atoms with Gasteiger partial charge in [0.05, 0.1) is 0 Å². The first-order chi connectivity index (χ1) is 10.1. The van der Waals surface area contributed by atoms with Gasteiger partial charge in [-0.15, -0.1) is 0 Å². The van der Waals surface area contributed by atoms with Crippen LogP contribution in [-0.2, 0) is 6.42 Å². The molecule has 0 aromatic heterocycles. The maximum Gasteiger partial charge on any atom is 0.404 e. The molecule has 1 saturated carbocycles. The Morgan fingerprint density at radius 3 is 2.71 bits per heavy atom. The van der Waals surface area contributed by atoms with E-state index in [4.69, 9.17) is 16.2 Å². The van der Waals surface area contributed by atoms with Crippen LogP contribution >= 0.6 is 0 Å². The average molecular weight is 289 g/mol. The molecule has 0 heterocycles. The van der Waals surface area contributed by atoms with Gasteiger partial charge >= 0.3 is 6.09 Å². The summed E-state index contributed by atoms with van der Waals surface area (Å²) in [6.07, 6.45) is 5.45. The standard InChI is InChI=1S/C16H23N3O2/c17-15(18)13-8-4-5-11(9-13)10-14(19-16(20)21)12-6-2-1-3-7-12/h4-5,8-9,12,14,19H,1-3,6-7,10H2,(H3,17,18)(H,20,21). The van der Waals surface area contributed by atoms with E-state index in [9.17, 15) is 4.79 Å². The fraction of sp³-hybridized carbons (Fsp3) is 0.500. The molecular weight excluding hydrogens is 266 g/mol. The number of nitrogen functional groups attached to an aromatic ring is 1. The topological polar surface area (TPSA) is 99.2 Å². The van der Waals surface area contributed by atoms with Crippen LogP contribution in [0.4, 0.5) is 4.79 Å². The zero-order chi connectivity index (χ0) is 15.2. The summed E-state index contributed by atoms with van der Waals surface area (Å²) in [6, 6.07) is 7.44. The zero-order valence-electron chi connectivity index (χ0n) is 12.1. The molecule has 1 unspecified atom stereocenters. The van der Waals surface area contributed by atoms with Crippen LogP contribution in [0.25, 0.3) is 0 Å². The van der Waals surface area contributed by atoms with Crippen molar-refractivity contribution in [2.24, 2.45) is 11.7 Å². The van der Waals surface area contributed by atoms with Gasteiger partial charge < -0.3 is 16.2 Å². The summed E-state index contributed by atoms with van der Waals surface area (Å²) in [7, 11) is 0. The molecule has 5 heteroatoms. The van der Waals surface area contributed by atoms with E-state index in [2.05, 4.69) is 5.32 Å². The lowest BCUT2D eigenvalue weighted by atomic mass is 9.81. The van der Waals surface area contributed by atoms with Gasteiger partial charge in [-0.1, -0.05) is 37.5 Å². The van der Waals surface area contributed by atoms with Gasteiger partial charge in [-0.05, 0) is 36.8 Å². The lowest BCUT2D eigenvalue weighted by Gasteiger charge is -2.30.